The Kier molecular flexibility index (Phi) is 6.72. The molecule has 1 aromatic heterocycles. The summed E-state index contributed by atoms with van der Waals surface area (Å²) >= 11 is 0. The zero-order chi connectivity index (χ0) is 19.1. The van der Waals surface area contributed by atoms with Gasteiger partial charge in [0.2, 0.25) is 0 Å². The molecule has 0 aliphatic rings. The molecule has 0 unspecified atom stereocenters. The summed E-state index contributed by atoms with van der Waals surface area (Å²) in [6, 6.07) is 8.75. The molecule has 0 aliphatic heterocycles. The van der Waals surface area contributed by atoms with E-state index in [0.717, 1.165) is 0 Å². The molecule has 1 heterocycles. The van der Waals surface area contributed by atoms with Crippen LogP contribution in [0.3, 0.4) is 0 Å². The fraction of sp³-hybridized carbons (Fsp3) is 0.350. The summed E-state index contributed by atoms with van der Waals surface area (Å²) in [6.45, 7) is 8.43. The molecular weight excluding hydrogens is 330 g/mol. The van der Waals surface area contributed by atoms with Crippen molar-refractivity contribution in [2.45, 2.75) is 33.8 Å². The molecule has 0 aliphatic carbocycles. The van der Waals surface area contributed by atoms with E-state index in [2.05, 4.69) is 15.6 Å². The second-order valence-electron chi connectivity index (χ2n) is 6.68. The van der Waals surface area contributed by atoms with E-state index in [1.165, 1.54) is 18.5 Å². The third-order valence-electron chi connectivity index (χ3n) is 3.43. The van der Waals surface area contributed by atoms with Crippen molar-refractivity contribution in [1.29, 1.82) is 0 Å². The summed E-state index contributed by atoms with van der Waals surface area (Å²) in [5.41, 5.74) is 1.23. The van der Waals surface area contributed by atoms with Crippen LogP contribution in [0.4, 0.5) is 5.69 Å². The number of ether oxygens (including phenoxy) is 1. The number of benzene rings is 1. The van der Waals surface area contributed by atoms with Crippen LogP contribution in [0, 0.1) is 5.92 Å². The van der Waals surface area contributed by atoms with E-state index in [9.17, 15) is 9.59 Å². The summed E-state index contributed by atoms with van der Waals surface area (Å²) in [5, 5.41) is 5.63. The Labute approximate surface area is 154 Å². The summed E-state index contributed by atoms with van der Waals surface area (Å²) in [7, 11) is 0. The lowest BCUT2D eigenvalue weighted by Gasteiger charge is -2.15. The van der Waals surface area contributed by atoms with E-state index in [4.69, 9.17) is 4.74 Å². The maximum Gasteiger partial charge on any atom is 0.257 e. The minimum absolute atomic E-state index is 0.0114. The van der Waals surface area contributed by atoms with Gasteiger partial charge in [0, 0.05) is 18.9 Å². The van der Waals surface area contributed by atoms with E-state index in [1.807, 2.05) is 39.8 Å². The van der Waals surface area contributed by atoms with E-state index in [1.54, 1.807) is 12.1 Å². The molecule has 0 bridgehead atoms. The predicted octanol–water partition coefficient (Wildman–Crippen LogP) is 3.51. The van der Waals surface area contributed by atoms with Crippen LogP contribution >= 0.6 is 0 Å². The molecule has 2 N–H and O–H groups in total. The molecule has 0 radical (unpaired) electrons. The number of anilines is 1. The van der Waals surface area contributed by atoms with Crippen LogP contribution in [-0.4, -0.2) is 29.4 Å². The standard InChI is InChI=1S/C20H25N3O3/c1-13(2)10-22-19(24)15-9-16(12-21-11-15)20(25)23-17-7-5-6-8-18(17)26-14(3)4/h5-9,11-14H,10H2,1-4H3,(H,22,24)(H,23,25). The number of nitrogens with one attached hydrogen (secondary N) is 2. The molecule has 26 heavy (non-hydrogen) atoms. The first-order valence-electron chi connectivity index (χ1n) is 8.67. The number of para-hydroxylation sites is 2. The number of rotatable bonds is 7. The lowest BCUT2D eigenvalue weighted by atomic mass is 10.1. The van der Waals surface area contributed by atoms with Crippen LogP contribution in [0.5, 0.6) is 5.75 Å². The molecule has 0 saturated carbocycles. The highest BCUT2D eigenvalue weighted by Gasteiger charge is 2.14. The Hall–Kier alpha value is -2.89. The van der Waals surface area contributed by atoms with Gasteiger partial charge in [-0.2, -0.15) is 0 Å². The highest BCUT2D eigenvalue weighted by molar-refractivity contribution is 6.06. The number of carbonyl (C=O) groups excluding carboxylic acids is 2. The van der Waals surface area contributed by atoms with Gasteiger partial charge in [-0.05, 0) is 38.0 Å². The average molecular weight is 355 g/mol. The Balaban J connectivity index is 2.13. The van der Waals surface area contributed by atoms with Gasteiger partial charge in [-0.1, -0.05) is 26.0 Å². The first kappa shape index (κ1) is 19.4. The number of hydrogen-bond acceptors (Lipinski definition) is 4. The van der Waals surface area contributed by atoms with Crippen LogP contribution in [0.25, 0.3) is 0 Å². The van der Waals surface area contributed by atoms with Crippen molar-refractivity contribution in [2.75, 3.05) is 11.9 Å². The lowest BCUT2D eigenvalue weighted by Crippen LogP contribution is -2.27. The molecule has 2 rings (SSSR count). The van der Waals surface area contributed by atoms with Crippen LogP contribution in [0.1, 0.15) is 48.4 Å². The summed E-state index contributed by atoms with van der Waals surface area (Å²) < 4.78 is 5.70. The molecule has 2 amide bonds. The predicted molar refractivity (Wildman–Crippen MR) is 102 cm³/mol. The lowest BCUT2D eigenvalue weighted by molar-refractivity contribution is 0.0948. The molecule has 0 atom stereocenters. The molecule has 138 valence electrons. The number of aromatic nitrogens is 1. The maximum atomic E-state index is 12.6. The molecule has 2 aromatic rings. The minimum atomic E-state index is -0.351. The normalized spacial score (nSPS) is 10.7. The number of pyridine rings is 1. The largest absolute Gasteiger partial charge is 0.489 e. The number of hydrogen-bond donors (Lipinski definition) is 2. The quantitative estimate of drug-likeness (QED) is 0.796. The van der Waals surface area contributed by atoms with Crippen LogP contribution in [-0.2, 0) is 0 Å². The zero-order valence-corrected chi connectivity index (χ0v) is 15.6. The molecule has 0 fully saturated rings. The van der Waals surface area contributed by atoms with Crippen molar-refractivity contribution in [3.05, 3.63) is 53.9 Å². The van der Waals surface area contributed by atoms with Gasteiger partial charge in [-0.15, -0.1) is 0 Å². The van der Waals surface area contributed by atoms with Gasteiger partial charge in [0.15, 0.2) is 0 Å². The summed E-state index contributed by atoms with van der Waals surface area (Å²) in [4.78, 5) is 28.7. The Morgan fingerprint density at radius 1 is 1.04 bits per heavy atom. The van der Waals surface area contributed by atoms with E-state index in [-0.39, 0.29) is 17.9 Å². The molecule has 0 spiro atoms. The Bertz CT molecular complexity index is 772. The van der Waals surface area contributed by atoms with Gasteiger partial charge >= 0.3 is 0 Å². The fourth-order valence-corrected chi connectivity index (χ4v) is 2.21. The van der Waals surface area contributed by atoms with Crippen molar-refractivity contribution in [3.8, 4) is 5.75 Å². The topological polar surface area (TPSA) is 80.3 Å². The van der Waals surface area contributed by atoms with Crippen molar-refractivity contribution in [3.63, 3.8) is 0 Å². The minimum Gasteiger partial charge on any atom is -0.489 e. The zero-order valence-electron chi connectivity index (χ0n) is 15.6. The van der Waals surface area contributed by atoms with E-state index >= 15 is 0 Å². The van der Waals surface area contributed by atoms with Crippen molar-refractivity contribution >= 4 is 17.5 Å². The second kappa shape index (κ2) is 8.99. The van der Waals surface area contributed by atoms with Crippen molar-refractivity contribution in [2.24, 2.45) is 5.92 Å². The van der Waals surface area contributed by atoms with E-state index in [0.29, 0.717) is 35.0 Å². The first-order valence-corrected chi connectivity index (χ1v) is 8.67. The monoisotopic (exact) mass is 355 g/mol. The first-order chi connectivity index (χ1) is 12.4. The van der Waals surface area contributed by atoms with E-state index < -0.39 is 0 Å². The van der Waals surface area contributed by atoms with Gasteiger partial charge in [-0.3, -0.25) is 14.6 Å². The smallest absolute Gasteiger partial charge is 0.257 e. The maximum absolute atomic E-state index is 12.6. The molecule has 6 heteroatoms. The summed E-state index contributed by atoms with van der Waals surface area (Å²) in [5.74, 6) is 0.339. The average Bonchev–Trinajstić information content (AvgIpc) is 2.61. The molecular formula is C20H25N3O3. The SMILES string of the molecule is CC(C)CNC(=O)c1cncc(C(=O)Nc2ccccc2OC(C)C)c1. The van der Waals surface area contributed by atoms with Gasteiger partial charge in [-0.25, -0.2) is 0 Å². The number of carbonyl (C=O) groups is 2. The highest BCUT2D eigenvalue weighted by atomic mass is 16.5. The molecule has 6 nitrogen and oxygen atoms in total. The number of nitrogens with zero attached hydrogens (tertiary/aromatic N) is 1. The third-order valence-corrected chi connectivity index (χ3v) is 3.43. The third kappa shape index (κ3) is 5.58. The van der Waals surface area contributed by atoms with Gasteiger partial charge < -0.3 is 15.4 Å². The van der Waals surface area contributed by atoms with Gasteiger partial charge in [0.25, 0.3) is 11.8 Å². The van der Waals surface area contributed by atoms with Gasteiger partial charge in [0.05, 0.1) is 22.9 Å². The Morgan fingerprint density at radius 3 is 2.35 bits per heavy atom. The van der Waals surface area contributed by atoms with Gasteiger partial charge in [0.1, 0.15) is 5.75 Å². The van der Waals surface area contributed by atoms with Crippen LogP contribution in [0.2, 0.25) is 0 Å². The number of amides is 2. The molecule has 0 saturated heterocycles. The van der Waals surface area contributed by atoms with Crippen molar-refractivity contribution in [1.82, 2.24) is 10.3 Å². The highest BCUT2D eigenvalue weighted by Crippen LogP contribution is 2.25. The molecule has 1 aromatic carbocycles. The Morgan fingerprint density at radius 2 is 1.69 bits per heavy atom. The summed E-state index contributed by atoms with van der Waals surface area (Å²) in [6.07, 6.45) is 2.87. The van der Waals surface area contributed by atoms with Crippen molar-refractivity contribution < 1.29 is 14.3 Å². The van der Waals surface area contributed by atoms with Crippen LogP contribution in [0.15, 0.2) is 42.7 Å². The second-order valence-corrected chi connectivity index (χ2v) is 6.68. The fourth-order valence-electron chi connectivity index (χ4n) is 2.21. The van der Waals surface area contributed by atoms with Crippen LogP contribution < -0.4 is 15.4 Å².